The molecule has 44 valence electrons. The molecule has 0 aliphatic heterocycles. The largest absolute Gasteiger partial charge is 0.328 e. The van der Waals surface area contributed by atoms with Crippen LogP contribution in [-0.2, 0) is 9.88 Å². The van der Waals surface area contributed by atoms with E-state index in [9.17, 15) is 0 Å². The van der Waals surface area contributed by atoms with Gasteiger partial charge in [-0.2, -0.15) is 10.8 Å². The first kappa shape index (κ1) is 7.75. The molecule has 0 rings (SSSR count). The molecule has 0 atom stereocenters. The predicted molar refractivity (Wildman–Crippen MR) is 26.6 cm³/mol. The van der Waals surface area contributed by atoms with E-state index < -0.39 is 3.98 Å². The number of alkyl halides is 3. The minimum atomic E-state index is -1.88. The first-order valence-corrected chi connectivity index (χ1v) is 2.31. The van der Waals surface area contributed by atoms with Gasteiger partial charge in [0.2, 0.25) is 0 Å². The van der Waals surface area contributed by atoms with E-state index in [1.54, 1.807) is 0 Å². The maximum Gasteiger partial charge on any atom is 0.328 e. The van der Waals surface area contributed by atoms with Gasteiger partial charge in [0.05, 0.1) is 0 Å². The van der Waals surface area contributed by atoms with Crippen LogP contribution in [0, 0.1) is 0 Å². The molecule has 7 heavy (non-hydrogen) atoms. The third-order valence-electron chi connectivity index (χ3n) is 0.143. The van der Waals surface area contributed by atoms with Gasteiger partial charge in [-0.1, -0.05) is 34.8 Å². The molecule has 0 aliphatic carbocycles. The van der Waals surface area contributed by atoms with E-state index in [-0.39, 0.29) is 0 Å². The van der Waals surface area contributed by atoms with E-state index in [1.807, 2.05) is 0 Å². The second-order valence-electron chi connectivity index (χ2n) is 0.625. The summed E-state index contributed by atoms with van der Waals surface area (Å²) in [5.74, 6) is 4.34. The van der Waals surface area contributed by atoms with Gasteiger partial charge in [-0.3, -0.25) is 0 Å². The predicted octanol–water partition coefficient (Wildman–Crippen LogP) is 1.14. The summed E-state index contributed by atoms with van der Waals surface area (Å²) in [4.78, 5) is 7.31. The van der Waals surface area contributed by atoms with Crippen LogP contribution in [0.25, 0.3) is 0 Å². The summed E-state index contributed by atoms with van der Waals surface area (Å²) in [7, 11) is 0. The SMILES string of the molecule is NOOC(Cl)(Cl)Cl. The molecule has 0 saturated heterocycles. The number of hydrogen-bond acceptors (Lipinski definition) is 3. The average molecular weight is 166 g/mol. The van der Waals surface area contributed by atoms with E-state index in [4.69, 9.17) is 34.8 Å². The fourth-order valence-electron chi connectivity index (χ4n) is 0.0546. The molecule has 0 aromatic rings. The van der Waals surface area contributed by atoms with Crippen LogP contribution in [0.15, 0.2) is 0 Å². The number of nitrogens with two attached hydrogens (primary N) is 1. The van der Waals surface area contributed by atoms with Crippen LogP contribution in [0.2, 0.25) is 0 Å². The van der Waals surface area contributed by atoms with E-state index in [0.717, 1.165) is 0 Å². The van der Waals surface area contributed by atoms with E-state index in [0.29, 0.717) is 0 Å². The van der Waals surface area contributed by atoms with Crippen molar-refractivity contribution in [3.05, 3.63) is 0 Å². The zero-order valence-corrected chi connectivity index (χ0v) is 5.30. The van der Waals surface area contributed by atoms with Gasteiger partial charge in [0.25, 0.3) is 0 Å². The highest BCUT2D eigenvalue weighted by atomic mass is 35.6. The van der Waals surface area contributed by atoms with Gasteiger partial charge in [-0.05, 0) is 0 Å². The molecule has 0 fully saturated rings. The van der Waals surface area contributed by atoms with Gasteiger partial charge in [0.15, 0.2) is 0 Å². The fraction of sp³-hybridized carbons (Fsp3) is 1.00. The molecule has 0 amide bonds. The highest BCUT2D eigenvalue weighted by molar-refractivity contribution is 6.66. The molecule has 0 aromatic heterocycles. The zero-order chi connectivity index (χ0) is 5.91. The average Bonchev–Trinajstić information content (AvgIpc) is 1.30. The molecule has 2 N–H and O–H groups in total. The van der Waals surface area contributed by atoms with Crippen molar-refractivity contribution in [2.24, 2.45) is 5.90 Å². The second kappa shape index (κ2) is 2.91. The summed E-state index contributed by atoms with van der Waals surface area (Å²) in [5.41, 5.74) is 0. The molecule has 0 saturated carbocycles. The summed E-state index contributed by atoms with van der Waals surface area (Å²) < 4.78 is -1.88. The lowest BCUT2D eigenvalue weighted by Crippen LogP contribution is -2.12. The molecule has 0 heterocycles. The van der Waals surface area contributed by atoms with Gasteiger partial charge in [-0.25, -0.2) is 0 Å². The monoisotopic (exact) mass is 165 g/mol. The van der Waals surface area contributed by atoms with Crippen molar-refractivity contribution < 1.29 is 9.88 Å². The summed E-state index contributed by atoms with van der Waals surface area (Å²) in [6, 6.07) is 0. The minimum absolute atomic E-state index is 1.88. The first-order chi connectivity index (χ1) is 3.06. The Labute approximate surface area is 55.1 Å². The van der Waals surface area contributed by atoms with Gasteiger partial charge >= 0.3 is 3.98 Å². The van der Waals surface area contributed by atoms with Gasteiger partial charge < -0.3 is 0 Å². The summed E-state index contributed by atoms with van der Waals surface area (Å²) in [6.07, 6.45) is 0. The highest BCUT2D eigenvalue weighted by Gasteiger charge is 2.20. The van der Waals surface area contributed by atoms with E-state index in [2.05, 4.69) is 15.8 Å². The normalized spacial score (nSPS) is 12.0. The van der Waals surface area contributed by atoms with Crippen LogP contribution in [0.4, 0.5) is 0 Å². The van der Waals surface area contributed by atoms with Crippen molar-refractivity contribution in [3.8, 4) is 0 Å². The molecule has 3 nitrogen and oxygen atoms in total. The molecule has 0 spiro atoms. The summed E-state index contributed by atoms with van der Waals surface area (Å²) >= 11 is 14.8. The highest BCUT2D eigenvalue weighted by Crippen LogP contribution is 2.26. The molecule has 0 bridgehead atoms. The molecule has 0 aliphatic rings. The molecular formula is CH2Cl3NO2. The van der Waals surface area contributed by atoms with Crippen LogP contribution in [0.3, 0.4) is 0 Å². The Morgan fingerprint density at radius 3 is 1.71 bits per heavy atom. The number of halogens is 3. The van der Waals surface area contributed by atoms with Crippen molar-refractivity contribution in [2.75, 3.05) is 0 Å². The maximum atomic E-state index is 4.94. The first-order valence-electron chi connectivity index (χ1n) is 1.17. The van der Waals surface area contributed by atoms with Crippen LogP contribution >= 0.6 is 34.8 Å². The molecule has 0 aromatic carbocycles. The van der Waals surface area contributed by atoms with Crippen molar-refractivity contribution in [3.63, 3.8) is 0 Å². The third-order valence-corrected chi connectivity index (χ3v) is 0.332. The smallest absolute Gasteiger partial charge is 0.183 e. The number of rotatable bonds is 1. The Hall–Kier alpha value is 0.750. The van der Waals surface area contributed by atoms with E-state index >= 15 is 0 Å². The fourth-order valence-corrected chi connectivity index (χ4v) is 0.164. The standard InChI is InChI=1S/CH2Cl3NO2/c2-1(3,4)6-7-5/h5H2. The van der Waals surface area contributed by atoms with Crippen molar-refractivity contribution in [2.45, 2.75) is 3.98 Å². The zero-order valence-electron chi connectivity index (χ0n) is 3.03. The quantitative estimate of drug-likeness (QED) is 0.361. The number of hydrogen-bond donors (Lipinski definition) is 1. The minimum Gasteiger partial charge on any atom is -0.183 e. The third kappa shape index (κ3) is 6.75. The van der Waals surface area contributed by atoms with Crippen LogP contribution in [-0.4, -0.2) is 3.98 Å². The second-order valence-corrected chi connectivity index (χ2v) is 2.80. The molecule has 0 radical (unpaired) electrons. The summed E-state index contributed by atoms with van der Waals surface area (Å²) in [6.45, 7) is 0. The lowest BCUT2D eigenvalue weighted by atomic mass is 11.6. The Kier molecular flexibility index (Phi) is 3.23. The lowest BCUT2D eigenvalue weighted by Gasteiger charge is -2.04. The van der Waals surface area contributed by atoms with Crippen molar-refractivity contribution in [1.82, 2.24) is 0 Å². The topological polar surface area (TPSA) is 44.5 Å². The van der Waals surface area contributed by atoms with Gasteiger partial charge in [0, 0.05) is 0 Å². The lowest BCUT2D eigenvalue weighted by molar-refractivity contribution is -0.305. The Bertz CT molecular complexity index is 51.4. The van der Waals surface area contributed by atoms with Gasteiger partial charge in [-0.15, -0.1) is 4.99 Å². The van der Waals surface area contributed by atoms with E-state index in [1.165, 1.54) is 0 Å². The van der Waals surface area contributed by atoms with Crippen LogP contribution in [0.5, 0.6) is 0 Å². The Morgan fingerprint density at radius 2 is 1.71 bits per heavy atom. The van der Waals surface area contributed by atoms with Crippen molar-refractivity contribution in [1.29, 1.82) is 0 Å². The molecular weight excluding hydrogens is 164 g/mol. The maximum absolute atomic E-state index is 4.94. The van der Waals surface area contributed by atoms with Crippen LogP contribution in [0.1, 0.15) is 0 Å². The molecule has 6 heteroatoms. The Balaban J connectivity index is 3.15. The van der Waals surface area contributed by atoms with Crippen LogP contribution < -0.4 is 5.90 Å². The van der Waals surface area contributed by atoms with Gasteiger partial charge in [0.1, 0.15) is 0 Å². The Morgan fingerprint density at radius 1 is 1.29 bits per heavy atom. The summed E-state index contributed by atoms with van der Waals surface area (Å²) in [5, 5.41) is 0. The van der Waals surface area contributed by atoms with Crippen molar-refractivity contribution >= 4 is 34.8 Å². The molecule has 0 unspecified atom stereocenters.